The average molecular weight is 310 g/mol. The summed E-state index contributed by atoms with van der Waals surface area (Å²) in [5, 5.41) is 6.80. The second-order valence-corrected chi connectivity index (χ2v) is 6.37. The lowest BCUT2D eigenvalue weighted by molar-refractivity contribution is -0.117. The van der Waals surface area contributed by atoms with Gasteiger partial charge < -0.3 is 15.5 Å². The van der Waals surface area contributed by atoms with Crippen molar-refractivity contribution in [2.45, 2.75) is 39.8 Å². The molecule has 0 aliphatic carbocycles. The monoisotopic (exact) mass is 309 g/mol. The van der Waals surface area contributed by atoms with Crippen LogP contribution in [0.2, 0.25) is 5.02 Å². The Morgan fingerprint density at radius 2 is 2.05 bits per heavy atom. The summed E-state index contributed by atoms with van der Waals surface area (Å²) in [6.45, 7) is 9.27. The lowest BCUT2D eigenvalue weighted by atomic mass is 10.0. The summed E-state index contributed by atoms with van der Waals surface area (Å²) in [6.07, 6.45) is 0. The molecule has 0 saturated carbocycles. The van der Waals surface area contributed by atoms with Gasteiger partial charge in [-0.25, -0.2) is 0 Å². The van der Waals surface area contributed by atoms with Crippen molar-refractivity contribution in [3.8, 4) is 0 Å². The number of likely N-dealkylation sites (N-methyl/N-ethyl adjacent to an activating group) is 1. The molecule has 2 unspecified atom stereocenters. The lowest BCUT2D eigenvalue weighted by Gasteiger charge is -2.31. The van der Waals surface area contributed by atoms with E-state index in [4.69, 9.17) is 11.6 Å². The zero-order chi connectivity index (χ0) is 15.7. The standard InChI is InChI=1S/C16H24ClN3O/c1-6-18-15-11-7-12(17)14(8-13(11)19-16(15)21)20(5)10(4)9(2)3/h7-10,15,18H,6H2,1-5H3,(H,19,21). The van der Waals surface area contributed by atoms with Crippen LogP contribution in [0.1, 0.15) is 39.3 Å². The minimum Gasteiger partial charge on any atom is -0.370 e. The molecule has 2 atom stereocenters. The van der Waals surface area contributed by atoms with E-state index in [0.717, 1.165) is 23.5 Å². The molecular weight excluding hydrogens is 286 g/mol. The van der Waals surface area contributed by atoms with Gasteiger partial charge >= 0.3 is 0 Å². The Hall–Kier alpha value is -1.26. The van der Waals surface area contributed by atoms with Gasteiger partial charge in [0.25, 0.3) is 0 Å². The summed E-state index contributed by atoms with van der Waals surface area (Å²) in [7, 11) is 2.04. The van der Waals surface area contributed by atoms with Crippen molar-refractivity contribution in [3.05, 3.63) is 22.7 Å². The van der Waals surface area contributed by atoms with E-state index in [9.17, 15) is 4.79 Å². The normalized spacial score (nSPS) is 18.6. The zero-order valence-corrected chi connectivity index (χ0v) is 14.1. The molecule has 1 aromatic rings. The molecular formula is C16H24ClN3O. The molecule has 0 radical (unpaired) electrons. The van der Waals surface area contributed by atoms with E-state index in [1.165, 1.54) is 0 Å². The van der Waals surface area contributed by atoms with Gasteiger partial charge in [0.1, 0.15) is 6.04 Å². The molecule has 21 heavy (non-hydrogen) atoms. The molecule has 0 bridgehead atoms. The van der Waals surface area contributed by atoms with Gasteiger partial charge in [-0.1, -0.05) is 32.4 Å². The first-order valence-electron chi connectivity index (χ1n) is 7.47. The summed E-state index contributed by atoms with van der Waals surface area (Å²) in [4.78, 5) is 14.2. The molecule has 0 fully saturated rings. The highest BCUT2D eigenvalue weighted by Crippen LogP contribution is 2.39. The second-order valence-electron chi connectivity index (χ2n) is 5.97. The first-order valence-corrected chi connectivity index (χ1v) is 7.85. The number of halogens is 1. The molecule has 1 amide bonds. The van der Waals surface area contributed by atoms with Crippen molar-refractivity contribution < 1.29 is 4.79 Å². The predicted octanol–water partition coefficient (Wildman–Crippen LogP) is 3.42. The number of nitrogens with zero attached hydrogens (tertiary/aromatic N) is 1. The fraction of sp³-hybridized carbons (Fsp3) is 0.562. The van der Waals surface area contributed by atoms with Crippen molar-refractivity contribution in [2.24, 2.45) is 5.92 Å². The Labute approximate surface area is 131 Å². The maximum Gasteiger partial charge on any atom is 0.246 e. The highest BCUT2D eigenvalue weighted by Gasteiger charge is 2.31. The van der Waals surface area contributed by atoms with Gasteiger partial charge in [-0.2, -0.15) is 0 Å². The molecule has 1 aliphatic heterocycles. The third-order valence-electron chi connectivity index (χ3n) is 4.31. The number of fused-ring (bicyclic) bond motifs is 1. The molecule has 0 saturated heterocycles. The van der Waals surface area contributed by atoms with Gasteiger partial charge in [-0.15, -0.1) is 0 Å². The van der Waals surface area contributed by atoms with Gasteiger partial charge in [0.15, 0.2) is 0 Å². The van der Waals surface area contributed by atoms with E-state index < -0.39 is 0 Å². The number of benzene rings is 1. The van der Waals surface area contributed by atoms with Gasteiger partial charge in [0.05, 0.1) is 10.7 Å². The predicted molar refractivity (Wildman–Crippen MR) is 89.2 cm³/mol. The first kappa shape index (κ1) is 16.1. The molecule has 2 N–H and O–H groups in total. The Kier molecular flexibility index (Phi) is 4.79. The van der Waals surface area contributed by atoms with Crippen LogP contribution in [0.4, 0.5) is 11.4 Å². The smallest absolute Gasteiger partial charge is 0.246 e. The van der Waals surface area contributed by atoms with Crippen molar-refractivity contribution in [2.75, 3.05) is 23.8 Å². The number of carbonyl (C=O) groups excluding carboxylic acids is 1. The maximum atomic E-state index is 12.0. The van der Waals surface area contributed by atoms with E-state index in [1.54, 1.807) is 0 Å². The topological polar surface area (TPSA) is 44.4 Å². The summed E-state index contributed by atoms with van der Waals surface area (Å²) in [6, 6.07) is 3.94. The molecule has 1 aromatic carbocycles. The number of amides is 1. The Bertz CT molecular complexity index is 545. The Balaban J connectivity index is 2.37. The van der Waals surface area contributed by atoms with E-state index in [0.29, 0.717) is 17.0 Å². The third kappa shape index (κ3) is 3.01. The molecule has 4 nitrogen and oxygen atoms in total. The summed E-state index contributed by atoms with van der Waals surface area (Å²) >= 11 is 6.46. The van der Waals surface area contributed by atoms with Crippen LogP contribution < -0.4 is 15.5 Å². The molecule has 0 aromatic heterocycles. The number of rotatable bonds is 5. The van der Waals surface area contributed by atoms with E-state index in [2.05, 4.69) is 36.3 Å². The van der Waals surface area contributed by atoms with Crippen LogP contribution in [-0.4, -0.2) is 25.5 Å². The molecule has 2 rings (SSSR count). The van der Waals surface area contributed by atoms with Crippen LogP contribution in [-0.2, 0) is 4.79 Å². The van der Waals surface area contributed by atoms with E-state index in [1.807, 2.05) is 26.1 Å². The van der Waals surface area contributed by atoms with Gasteiger partial charge in [-0.3, -0.25) is 4.79 Å². The summed E-state index contributed by atoms with van der Waals surface area (Å²) in [5.74, 6) is 0.503. The Morgan fingerprint density at radius 3 is 2.62 bits per heavy atom. The van der Waals surface area contributed by atoms with Crippen LogP contribution in [0.3, 0.4) is 0 Å². The summed E-state index contributed by atoms with van der Waals surface area (Å²) < 4.78 is 0. The molecule has 0 spiro atoms. The highest BCUT2D eigenvalue weighted by atomic mass is 35.5. The fourth-order valence-corrected chi connectivity index (χ4v) is 2.92. The summed E-state index contributed by atoms with van der Waals surface area (Å²) in [5.41, 5.74) is 2.74. The molecule has 1 aliphatic rings. The second kappa shape index (κ2) is 6.24. The van der Waals surface area contributed by atoms with Crippen molar-refractivity contribution in [1.29, 1.82) is 0 Å². The number of hydrogen-bond donors (Lipinski definition) is 2. The van der Waals surface area contributed by atoms with Crippen LogP contribution in [0.25, 0.3) is 0 Å². The molecule has 5 heteroatoms. The highest BCUT2D eigenvalue weighted by molar-refractivity contribution is 6.33. The molecule has 1 heterocycles. The van der Waals surface area contributed by atoms with Crippen LogP contribution >= 0.6 is 11.6 Å². The SMILES string of the molecule is CCNC1C(=O)Nc2cc(N(C)C(C)C(C)C)c(Cl)cc21. The van der Waals surface area contributed by atoms with Crippen LogP contribution in [0, 0.1) is 5.92 Å². The van der Waals surface area contributed by atoms with Crippen LogP contribution in [0.5, 0.6) is 0 Å². The van der Waals surface area contributed by atoms with Crippen LogP contribution in [0.15, 0.2) is 12.1 Å². The fourth-order valence-electron chi connectivity index (χ4n) is 2.61. The van der Waals surface area contributed by atoms with Crippen molar-refractivity contribution in [3.63, 3.8) is 0 Å². The van der Waals surface area contributed by atoms with Gasteiger partial charge in [-0.05, 0) is 31.5 Å². The number of hydrogen-bond acceptors (Lipinski definition) is 3. The lowest BCUT2D eigenvalue weighted by Crippen LogP contribution is -2.33. The van der Waals surface area contributed by atoms with Crippen molar-refractivity contribution >= 4 is 28.9 Å². The van der Waals surface area contributed by atoms with E-state index >= 15 is 0 Å². The minimum absolute atomic E-state index is 0.0142. The maximum absolute atomic E-state index is 12.0. The van der Waals surface area contributed by atoms with Gasteiger partial charge in [0, 0.05) is 24.3 Å². The largest absolute Gasteiger partial charge is 0.370 e. The quantitative estimate of drug-likeness (QED) is 0.876. The number of carbonyl (C=O) groups is 1. The van der Waals surface area contributed by atoms with Crippen molar-refractivity contribution in [1.82, 2.24) is 5.32 Å². The average Bonchev–Trinajstić information content (AvgIpc) is 2.72. The minimum atomic E-state index is -0.302. The Morgan fingerprint density at radius 1 is 1.38 bits per heavy atom. The zero-order valence-electron chi connectivity index (χ0n) is 13.3. The molecule has 116 valence electrons. The third-order valence-corrected chi connectivity index (χ3v) is 4.62. The number of anilines is 2. The van der Waals surface area contributed by atoms with Gasteiger partial charge in [0.2, 0.25) is 5.91 Å². The van der Waals surface area contributed by atoms with E-state index in [-0.39, 0.29) is 11.9 Å². The first-order chi connectivity index (χ1) is 9.86. The number of nitrogens with one attached hydrogen (secondary N) is 2.